The number of aromatic nitrogens is 2. The van der Waals surface area contributed by atoms with Gasteiger partial charge in [-0.05, 0) is 44.6 Å². The summed E-state index contributed by atoms with van der Waals surface area (Å²) in [6.07, 6.45) is 4.52. The van der Waals surface area contributed by atoms with Gasteiger partial charge in [0, 0.05) is 30.9 Å². The van der Waals surface area contributed by atoms with Crippen LogP contribution in [-0.4, -0.2) is 46.1 Å². The predicted molar refractivity (Wildman–Crippen MR) is 103 cm³/mol. The first-order chi connectivity index (χ1) is 11.9. The number of pyridine rings is 1. The zero-order chi connectivity index (χ0) is 17.7. The van der Waals surface area contributed by atoms with Gasteiger partial charge in [-0.15, -0.1) is 12.4 Å². The van der Waals surface area contributed by atoms with Gasteiger partial charge in [0.2, 0.25) is 0 Å². The van der Waals surface area contributed by atoms with Gasteiger partial charge in [0.25, 0.3) is 11.6 Å². The smallest absolute Gasteiger partial charge is 0.259 e. The number of carbonyl (C=O) groups is 1. The molecular weight excluding hydrogens is 352 g/mol. The van der Waals surface area contributed by atoms with Crippen LogP contribution in [0.15, 0.2) is 10.6 Å². The molecule has 0 radical (unpaired) electrons. The minimum absolute atomic E-state index is 0. The molecular formula is C19H27ClN4O2. The molecule has 0 spiro atoms. The highest BCUT2D eigenvalue weighted by Crippen LogP contribution is 2.32. The van der Waals surface area contributed by atoms with Crippen LogP contribution in [0.2, 0.25) is 0 Å². The summed E-state index contributed by atoms with van der Waals surface area (Å²) in [5.41, 5.74) is 2.72. The molecule has 4 rings (SSSR count). The Balaban J connectivity index is 0.00000196. The molecule has 0 aromatic carbocycles. The Bertz CT molecular complexity index is 807. The van der Waals surface area contributed by atoms with E-state index in [4.69, 9.17) is 4.52 Å². The average molecular weight is 379 g/mol. The monoisotopic (exact) mass is 378 g/mol. The molecule has 2 fully saturated rings. The van der Waals surface area contributed by atoms with Gasteiger partial charge in [0.05, 0.1) is 16.6 Å². The second-order valence-electron chi connectivity index (χ2n) is 7.89. The van der Waals surface area contributed by atoms with Crippen molar-refractivity contribution in [1.29, 1.82) is 0 Å². The molecule has 142 valence electrons. The van der Waals surface area contributed by atoms with E-state index >= 15 is 0 Å². The molecule has 7 heteroatoms. The first-order valence-corrected chi connectivity index (χ1v) is 9.24. The number of halogens is 1. The fourth-order valence-corrected chi connectivity index (χ4v) is 4.36. The average Bonchev–Trinajstić information content (AvgIpc) is 3.15. The van der Waals surface area contributed by atoms with E-state index < -0.39 is 0 Å². The molecule has 2 aliphatic rings. The third-order valence-electron chi connectivity index (χ3n) is 5.69. The van der Waals surface area contributed by atoms with E-state index in [0.717, 1.165) is 29.6 Å². The van der Waals surface area contributed by atoms with E-state index in [0.29, 0.717) is 23.4 Å². The molecule has 1 amide bonds. The lowest BCUT2D eigenvalue weighted by atomic mass is 9.97. The lowest BCUT2D eigenvalue weighted by Crippen LogP contribution is -2.48. The normalized spacial score (nSPS) is 24.7. The lowest BCUT2D eigenvalue weighted by molar-refractivity contribution is 0.0683. The van der Waals surface area contributed by atoms with Gasteiger partial charge in [0.1, 0.15) is 0 Å². The molecule has 2 aromatic rings. The van der Waals surface area contributed by atoms with E-state index in [-0.39, 0.29) is 30.3 Å². The zero-order valence-corrected chi connectivity index (χ0v) is 16.6. The number of piperidine rings is 1. The van der Waals surface area contributed by atoms with Gasteiger partial charge in [-0.3, -0.25) is 4.79 Å². The van der Waals surface area contributed by atoms with E-state index in [1.54, 1.807) is 0 Å². The van der Waals surface area contributed by atoms with Crippen molar-refractivity contribution < 1.29 is 9.32 Å². The minimum atomic E-state index is 0. The number of aryl methyl sites for hydroxylation is 1. The third-order valence-corrected chi connectivity index (χ3v) is 5.69. The van der Waals surface area contributed by atoms with Crippen molar-refractivity contribution in [2.45, 2.75) is 70.5 Å². The Kier molecular flexibility index (Phi) is 5.26. The number of nitrogens with one attached hydrogen (secondary N) is 1. The second-order valence-corrected chi connectivity index (χ2v) is 7.89. The van der Waals surface area contributed by atoms with Gasteiger partial charge in [0.15, 0.2) is 0 Å². The molecule has 2 unspecified atom stereocenters. The SMILES string of the molecule is Cc1cc(C(=O)N(C)C2CC3CCC(C2)N3)c2c(C(C)C)noc2n1.Cl. The first kappa shape index (κ1) is 19.1. The van der Waals surface area contributed by atoms with Crippen LogP contribution in [0.25, 0.3) is 11.1 Å². The summed E-state index contributed by atoms with van der Waals surface area (Å²) in [5, 5.41) is 8.58. The van der Waals surface area contributed by atoms with E-state index in [1.807, 2.05) is 24.9 Å². The second kappa shape index (κ2) is 7.16. The molecule has 0 aliphatic carbocycles. The van der Waals surface area contributed by atoms with Gasteiger partial charge >= 0.3 is 0 Å². The Morgan fingerprint density at radius 1 is 1.31 bits per heavy atom. The highest BCUT2D eigenvalue weighted by Gasteiger charge is 2.37. The van der Waals surface area contributed by atoms with Crippen LogP contribution in [-0.2, 0) is 0 Å². The quantitative estimate of drug-likeness (QED) is 0.885. The number of fused-ring (bicyclic) bond motifs is 3. The van der Waals surface area contributed by atoms with Crippen molar-refractivity contribution in [2.24, 2.45) is 0 Å². The van der Waals surface area contributed by atoms with Gasteiger partial charge in [-0.1, -0.05) is 19.0 Å². The lowest BCUT2D eigenvalue weighted by Gasteiger charge is -2.35. The summed E-state index contributed by atoms with van der Waals surface area (Å²) in [6.45, 7) is 6.00. The van der Waals surface area contributed by atoms with E-state index in [1.165, 1.54) is 12.8 Å². The maximum atomic E-state index is 13.3. The first-order valence-electron chi connectivity index (χ1n) is 9.24. The molecule has 2 aliphatic heterocycles. The maximum Gasteiger partial charge on any atom is 0.259 e. The van der Waals surface area contributed by atoms with Crippen LogP contribution < -0.4 is 5.32 Å². The predicted octanol–water partition coefficient (Wildman–Crippen LogP) is 3.43. The summed E-state index contributed by atoms with van der Waals surface area (Å²) in [6, 6.07) is 3.28. The Hall–Kier alpha value is -1.66. The number of amides is 1. The minimum Gasteiger partial charge on any atom is -0.339 e. The standard InChI is InChI=1S/C19H26N4O2.ClH/c1-10(2)17-16-15(7-11(3)20-18(16)25-22-17)19(24)23(4)14-8-12-5-6-13(9-14)21-12;/h7,10,12-14,21H,5-6,8-9H2,1-4H3;1H. The van der Waals surface area contributed by atoms with E-state index in [2.05, 4.69) is 29.3 Å². The van der Waals surface area contributed by atoms with Gasteiger partial charge in [-0.2, -0.15) is 0 Å². The van der Waals surface area contributed by atoms with E-state index in [9.17, 15) is 4.79 Å². The molecule has 1 N–H and O–H groups in total. The largest absolute Gasteiger partial charge is 0.339 e. The fraction of sp³-hybridized carbons (Fsp3) is 0.632. The van der Waals surface area contributed by atoms with Crippen LogP contribution in [0, 0.1) is 6.92 Å². The molecule has 2 aromatic heterocycles. The molecule has 4 heterocycles. The van der Waals surface area contributed by atoms with Crippen molar-refractivity contribution in [3.8, 4) is 0 Å². The highest BCUT2D eigenvalue weighted by molar-refractivity contribution is 6.06. The van der Waals surface area contributed by atoms with Crippen LogP contribution >= 0.6 is 12.4 Å². The van der Waals surface area contributed by atoms with Gasteiger partial charge < -0.3 is 14.7 Å². The Morgan fingerprint density at radius 3 is 2.58 bits per heavy atom. The summed E-state index contributed by atoms with van der Waals surface area (Å²) in [7, 11) is 1.93. The molecule has 6 nitrogen and oxygen atoms in total. The number of rotatable bonds is 3. The van der Waals surface area contributed by atoms with Crippen LogP contribution in [0.5, 0.6) is 0 Å². The zero-order valence-electron chi connectivity index (χ0n) is 15.8. The van der Waals surface area contributed by atoms with Crippen molar-refractivity contribution in [3.05, 3.63) is 23.0 Å². The summed E-state index contributed by atoms with van der Waals surface area (Å²) >= 11 is 0. The third kappa shape index (κ3) is 3.21. The number of carbonyl (C=O) groups excluding carboxylic acids is 1. The van der Waals surface area contributed by atoms with Crippen LogP contribution in [0.3, 0.4) is 0 Å². The van der Waals surface area contributed by atoms with Crippen molar-refractivity contribution in [1.82, 2.24) is 20.4 Å². The Morgan fingerprint density at radius 2 is 1.96 bits per heavy atom. The van der Waals surface area contributed by atoms with Crippen LogP contribution in [0.1, 0.15) is 67.2 Å². The molecule has 0 saturated carbocycles. The van der Waals surface area contributed by atoms with Crippen molar-refractivity contribution in [3.63, 3.8) is 0 Å². The molecule has 2 saturated heterocycles. The highest BCUT2D eigenvalue weighted by atomic mass is 35.5. The summed E-state index contributed by atoms with van der Waals surface area (Å²) in [5.74, 6) is 0.226. The number of hydrogen-bond donors (Lipinski definition) is 1. The van der Waals surface area contributed by atoms with Crippen molar-refractivity contribution >= 4 is 29.4 Å². The maximum absolute atomic E-state index is 13.3. The van der Waals surface area contributed by atoms with Crippen molar-refractivity contribution in [2.75, 3.05) is 7.05 Å². The molecule has 2 bridgehead atoms. The fourth-order valence-electron chi connectivity index (χ4n) is 4.36. The molecule has 26 heavy (non-hydrogen) atoms. The summed E-state index contributed by atoms with van der Waals surface area (Å²) < 4.78 is 5.41. The van der Waals surface area contributed by atoms with Crippen LogP contribution in [0.4, 0.5) is 0 Å². The summed E-state index contributed by atoms with van der Waals surface area (Å²) in [4.78, 5) is 19.7. The Labute approximate surface area is 160 Å². The topological polar surface area (TPSA) is 71.3 Å². The molecule has 2 atom stereocenters. The number of nitrogens with zero attached hydrogens (tertiary/aromatic N) is 3. The van der Waals surface area contributed by atoms with Gasteiger partial charge in [-0.25, -0.2) is 4.98 Å². The number of hydrogen-bond acceptors (Lipinski definition) is 5.